The lowest BCUT2D eigenvalue weighted by molar-refractivity contribution is 0.121. The van der Waals surface area contributed by atoms with Gasteiger partial charge in [-0.25, -0.2) is 8.78 Å². The van der Waals surface area contributed by atoms with Crippen LogP contribution in [0.1, 0.15) is 11.3 Å². The molecule has 88 valence electrons. The van der Waals surface area contributed by atoms with Crippen molar-refractivity contribution in [2.75, 3.05) is 0 Å². The fourth-order valence-electron chi connectivity index (χ4n) is 1.02. The number of nitrogens with one attached hydrogen (secondary N) is 1. The Hall–Kier alpha value is -1.72. The van der Waals surface area contributed by atoms with Crippen LogP contribution in [0, 0.1) is 13.8 Å². The highest BCUT2D eigenvalue weighted by Crippen LogP contribution is 1.98. The molecule has 0 aliphatic rings. The molecule has 0 amide bonds. The lowest BCUT2D eigenvalue weighted by Crippen LogP contribution is -2.06. The molecule has 1 N–H and O–H groups in total. The van der Waals surface area contributed by atoms with E-state index in [4.69, 9.17) is 0 Å². The van der Waals surface area contributed by atoms with Gasteiger partial charge in [0.1, 0.15) is 6.54 Å². The van der Waals surface area contributed by atoms with Crippen LogP contribution in [0.4, 0.5) is 8.78 Å². The minimum absolute atomic E-state index is 0.312. The smallest absolute Gasteiger partial charge is 0.257 e. The lowest BCUT2D eigenvalue weighted by atomic mass is 10.4. The molecule has 0 aliphatic carbocycles. The lowest BCUT2D eigenvalue weighted by Gasteiger charge is -1.97. The molecule has 0 spiro atoms. The number of nitrogens with zero attached hydrogens (tertiary/aromatic N) is 3. The summed E-state index contributed by atoms with van der Waals surface area (Å²) in [5.41, 5.74) is 1.94. The van der Waals surface area contributed by atoms with Crippen molar-refractivity contribution >= 4 is 0 Å². The van der Waals surface area contributed by atoms with E-state index in [1.807, 2.05) is 13.1 Å². The van der Waals surface area contributed by atoms with Gasteiger partial charge in [-0.05, 0) is 25.5 Å². The average Bonchev–Trinajstić information content (AvgIpc) is 2.78. The molecule has 4 nitrogen and oxygen atoms in total. The highest BCUT2D eigenvalue weighted by molar-refractivity contribution is 4.96. The molecule has 2 heterocycles. The van der Waals surface area contributed by atoms with Gasteiger partial charge >= 0.3 is 0 Å². The van der Waals surface area contributed by atoms with Gasteiger partial charge in [0.25, 0.3) is 6.43 Å². The fourth-order valence-corrected chi connectivity index (χ4v) is 1.02. The van der Waals surface area contributed by atoms with Crippen molar-refractivity contribution in [3.63, 3.8) is 0 Å². The van der Waals surface area contributed by atoms with Gasteiger partial charge in [-0.2, -0.15) is 10.2 Å². The zero-order valence-electron chi connectivity index (χ0n) is 9.19. The van der Waals surface area contributed by atoms with E-state index in [9.17, 15) is 8.78 Å². The van der Waals surface area contributed by atoms with Crippen molar-refractivity contribution < 1.29 is 8.78 Å². The van der Waals surface area contributed by atoms with Crippen LogP contribution in [0.15, 0.2) is 24.7 Å². The van der Waals surface area contributed by atoms with E-state index < -0.39 is 6.43 Å². The number of alkyl halides is 2. The van der Waals surface area contributed by atoms with Crippen molar-refractivity contribution in [1.29, 1.82) is 0 Å². The van der Waals surface area contributed by atoms with E-state index in [-0.39, 0.29) is 6.54 Å². The summed E-state index contributed by atoms with van der Waals surface area (Å²) in [6.45, 7) is 3.44. The molecule has 0 radical (unpaired) electrons. The first kappa shape index (κ1) is 12.4. The predicted octanol–water partition coefficient (Wildman–Crippen LogP) is 2.17. The molecule has 0 aromatic carbocycles. The van der Waals surface area contributed by atoms with E-state index in [1.165, 1.54) is 10.2 Å². The summed E-state index contributed by atoms with van der Waals surface area (Å²) in [4.78, 5) is 0. The van der Waals surface area contributed by atoms with Crippen molar-refractivity contribution in [2.45, 2.75) is 26.8 Å². The second-order valence-corrected chi connectivity index (χ2v) is 3.35. The van der Waals surface area contributed by atoms with Crippen molar-refractivity contribution in [1.82, 2.24) is 20.0 Å². The van der Waals surface area contributed by atoms with E-state index in [1.54, 1.807) is 25.4 Å². The van der Waals surface area contributed by atoms with Gasteiger partial charge in [0.2, 0.25) is 0 Å². The molecule has 0 saturated carbocycles. The van der Waals surface area contributed by atoms with Gasteiger partial charge in [-0.3, -0.25) is 9.78 Å². The molecule has 2 rings (SSSR count). The first-order valence-electron chi connectivity index (χ1n) is 4.81. The topological polar surface area (TPSA) is 46.5 Å². The largest absolute Gasteiger partial charge is 0.285 e. The summed E-state index contributed by atoms with van der Waals surface area (Å²) in [6.07, 6.45) is 2.85. The Morgan fingerprint density at radius 1 is 1.44 bits per heavy atom. The number of hydrogen-bond acceptors (Lipinski definition) is 2. The van der Waals surface area contributed by atoms with Crippen LogP contribution in [0.25, 0.3) is 0 Å². The van der Waals surface area contributed by atoms with Crippen molar-refractivity contribution in [2.24, 2.45) is 0 Å². The monoisotopic (exact) mass is 228 g/mol. The third-order valence-electron chi connectivity index (χ3n) is 1.73. The molecule has 6 heteroatoms. The summed E-state index contributed by atoms with van der Waals surface area (Å²) < 4.78 is 24.6. The normalized spacial score (nSPS) is 10.1. The second kappa shape index (κ2) is 5.99. The maximum Gasteiger partial charge on any atom is 0.257 e. The molecule has 0 fully saturated rings. The van der Waals surface area contributed by atoms with Gasteiger partial charge < -0.3 is 0 Å². The zero-order chi connectivity index (χ0) is 12.0. The van der Waals surface area contributed by atoms with Crippen LogP contribution in [-0.2, 0) is 6.54 Å². The Balaban J connectivity index is 0.000000181. The van der Waals surface area contributed by atoms with Gasteiger partial charge in [0.05, 0.1) is 11.9 Å². The van der Waals surface area contributed by atoms with E-state index in [2.05, 4.69) is 15.3 Å². The van der Waals surface area contributed by atoms with Crippen LogP contribution in [0.2, 0.25) is 0 Å². The van der Waals surface area contributed by atoms with Crippen molar-refractivity contribution in [3.05, 3.63) is 35.9 Å². The summed E-state index contributed by atoms with van der Waals surface area (Å²) in [5.74, 6) is 0. The Kier molecular flexibility index (Phi) is 4.63. The van der Waals surface area contributed by atoms with Gasteiger partial charge in [0, 0.05) is 12.4 Å². The molecular formula is C10H14F2N4. The second-order valence-electron chi connectivity index (χ2n) is 3.35. The average molecular weight is 228 g/mol. The van der Waals surface area contributed by atoms with Crippen LogP contribution in [0.3, 0.4) is 0 Å². The van der Waals surface area contributed by atoms with E-state index in [0.717, 1.165) is 5.69 Å². The molecule has 0 saturated heterocycles. The molecule has 0 bridgehead atoms. The molecule has 16 heavy (non-hydrogen) atoms. The third kappa shape index (κ3) is 4.68. The number of rotatable bonds is 2. The third-order valence-corrected chi connectivity index (χ3v) is 1.73. The number of aromatic nitrogens is 4. The van der Waals surface area contributed by atoms with Gasteiger partial charge in [-0.15, -0.1) is 0 Å². The summed E-state index contributed by atoms with van der Waals surface area (Å²) in [6, 6.07) is 1.70. The Labute approximate surface area is 92.3 Å². The maximum atomic E-state index is 11.7. The SMILES string of the molecule is Cc1ccn(CC(F)F)n1.Cc1cn[nH]c1. The highest BCUT2D eigenvalue weighted by atomic mass is 19.3. The van der Waals surface area contributed by atoms with Crippen LogP contribution in [-0.4, -0.2) is 26.4 Å². The minimum Gasteiger partial charge on any atom is -0.285 e. The van der Waals surface area contributed by atoms with Crippen LogP contribution < -0.4 is 0 Å². The summed E-state index contributed by atoms with van der Waals surface area (Å²) >= 11 is 0. The first-order valence-corrected chi connectivity index (χ1v) is 4.81. The fraction of sp³-hybridized carbons (Fsp3) is 0.400. The first-order chi connectivity index (χ1) is 7.58. The molecule has 0 aliphatic heterocycles. The van der Waals surface area contributed by atoms with Crippen molar-refractivity contribution in [3.8, 4) is 0 Å². The highest BCUT2D eigenvalue weighted by Gasteiger charge is 2.03. The maximum absolute atomic E-state index is 11.7. The standard InChI is InChI=1S/C6H8F2N2.C4H6N2/c1-5-2-3-10(9-5)4-6(7)8;1-4-2-5-6-3-4/h2-3,6H,4H2,1H3;2-3H,1H3,(H,5,6). The number of aryl methyl sites for hydroxylation is 2. The van der Waals surface area contributed by atoms with E-state index in [0.29, 0.717) is 0 Å². The Morgan fingerprint density at radius 2 is 2.19 bits per heavy atom. The number of hydrogen-bond donors (Lipinski definition) is 1. The number of halogens is 2. The molecule has 0 unspecified atom stereocenters. The number of H-pyrrole nitrogens is 1. The van der Waals surface area contributed by atoms with Gasteiger partial charge in [0.15, 0.2) is 0 Å². The summed E-state index contributed by atoms with van der Waals surface area (Å²) in [7, 11) is 0. The number of aromatic amines is 1. The molecular weight excluding hydrogens is 214 g/mol. The Morgan fingerprint density at radius 3 is 2.50 bits per heavy atom. The Bertz CT molecular complexity index is 395. The minimum atomic E-state index is -2.32. The quantitative estimate of drug-likeness (QED) is 0.856. The molecule has 2 aromatic heterocycles. The van der Waals surface area contributed by atoms with Crippen LogP contribution in [0.5, 0.6) is 0 Å². The van der Waals surface area contributed by atoms with Gasteiger partial charge in [-0.1, -0.05) is 0 Å². The predicted molar refractivity (Wildman–Crippen MR) is 56.3 cm³/mol. The summed E-state index contributed by atoms with van der Waals surface area (Å²) in [5, 5.41) is 10.2. The van der Waals surface area contributed by atoms with Crippen LogP contribution >= 0.6 is 0 Å². The van der Waals surface area contributed by atoms with E-state index >= 15 is 0 Å². The zero-order valence-corrected chi connectivity index (χ0v) is 9.19. The molecule has 2 aromatic rings. The molecule has 0 atom stereocenters.